The van der Waals surface area contributed by atoms with Crippen molar-refractivity contribution in [1.82, 2.24) is 4.98 Å². The van der Waals surface area contributed by atoms with E-state index in [1.807, 2.05) is 0 Å². The summed E-state index contributed by atoms with van der Waals surface area (Å²) in [5.74, 6) is -2.29. The van der Waals surface area contributed by atoms with Crippen molar-refractivity contribution in [2.24, 2.45) is 0 Å². The molecular formula is C20H15F2N3O3. The number of halogens is 2. The van der Waals surface area contributed by atoms with E-state index in [-0.39, 0.29) is 16.9 Å². The number of amides is 2. The van der Waals surface area contributed by atoms with E-state index in [0.717, 1.165) is 12.1 Å². The molecule has 0 fully saturated rings. The highest BCUT2D eigenvalue weighted by Gasteiger charge is 2.14. The molecule has 2 amide bonds. The average Bonchev–Trinajstić information content (AvgIpc) is 2.70. The van der Waals surface area contributed by atoms with Gasteiger partial charge in [-0.25, -0.2) is 8.78 Å². The first-order valence-electron chi connectivity index (χ1n) is 8.14. The summed E-state index contributed by atoms with van der Waals surface area (Å²) in [6.45, 7) is 0. The van der Waals surface area contributed by atoms with Gasteiger partial charge in [0, 0.05) is 29.6 Å². The zero-order valence-electron chi connectivity index (χ0n) is 14.7. The fourth-order valence-corrected chi connectivity index (χ4v) is 2.38. The van der Waals surface area contributed by atoms with Crippen LogP contribution in [0.2, 0.25) is 0 Å². The molecule has 0 radical (unpaired) electrons. The van der Waals surface area contributed by atoms with Crippen LogP contribution in [0.5, 0.6) is 5.75 Å². The molecule has 0 saturated carbocycles. The van der Waals surface area contributed by atoms with Crippen LogP contribution in [0.1, 0.15) is 20.8 Å². The molecule has 0 unspecified atom stereocenters. The molecule has 0 aliphatic heterocycles. The van der Waals surface area contributed by atoms with E-state index in [0.29, 0.717) is 17.5 Å². The number of carbonyl (C=O) groups excluding carboxylic acids is 2. The SMILES string of the molecule is COc1cccc(NC(=O)c2ccnc(C(=O)Nc3ccc(F)cc3F)c2)c1. The van der Waals surface area contributed by atoms with Crippen LogP contribution in [-0.4, -0.2) is 23.9 Å². The maximum atomic E-state index is 13.7. The molecule has 0 atom stereocenters. The summed E-state index contributed by atoms with van der Waals surface area (Å²) in [5, 5.41) is 4.98. The van der Waals surface area contributed by atoms with Crippen LogP contribution in [0, 0.1) is 11.6 Å². The number of rotatable bonds is 5. The third-order valence-electron chi connectivity index (χ3n) is 3.76. The van der Waals surface area contributed by atoms with Crippen molar-refractivity contribution >= 4 is 23.2 Å². The lowest BCUT2D eigenvalue weighted by Gasteiger charge is -2.09. The standard InChI is InChI=1S/C20H15F2N3O3/c1-28-15-4-2-3-14(11-15)24-19(26)12-7-8-23-18(9-12)20(27)25-17-6-5-13(21)10-16(17)22/h2-11H,1H3,(H,24,26)(H,25,27). The molecule has 2 aromatic carbocycles. The molecule has 0 bridgehead atoms. The summed E-state index contributed by atoms with van der Waals surface area (Å²) in [5.41, 5.74) is 0.407. The van der Waals surface area contributed by atoms with Gasteiger partial charge in [0.05, 0.1) is 12.8 Å². The van der Waals surface area contributed by atoms with Crippen LogP contribution >= 0.6 is 0 Å². The fraction of sp³-hybridized carbons (Fsp3) is 0.0500. The number of anilines is 2. The highest BCUT2D eigenvalue weighted by molar-refractivity contribution is 6.07. The Morgan fingerprint density at radius 2 is 1.79 bits per heavy atom. The van der Waals surface area contributed by atoms with E-state index >= 15 is 0 Å². The number of pyridine rings is 1. The summed E-state index contributed by atoms with van der Waals surface area (Å²) < 4.78 is 31.7. The normalized spacial score (nSPS) is 10.2. The summed E-state index contributed by atoms with van der Waals surface area (Å²) in [4.78, 5) is 28.6. The second kappa shape index (κ2) is 8.26. The van der Waals surface area contributed by atoms with Gasteiger partial charge >= 0.3 is 0 Å². The number of nitrogens with one attached hydrogen (secondary N) is 2. The highest BCUT2D eigenvalue weighted by Crippen LogP contribution is 2.18. The smallest absolute Gasteiger partial charge is 0.274 e. The lowest BCUT2D eigenvalue weighted by Crippen LogP contribution is -2.17. The minimum absolute atomic E-state index is 0.0954. The van der Waals surface area contributed by atoms with Crippen LogP contribution in [-0.2, 0) is 0 Å². The van der Waals surface area contributed by atoms with Gasteiger partial charge in [0.15, 0.2) is 0 Å². The van der Waals surface area contributed by atoms with Gasteiger partial charge in [-0.05, 0) is 36.4 Å². The van der Waals surface area contributed by atoms with Crippen molar-refractivity contribution in [3.63, 3.8) is 0 Å². The molecule has 1 heterocycles. The second-order valence-corrected chi connectivity index (χ2v) is 5.69. The number of methoxy groups -OCH3 is 1. The molecule has 0 saturated heterocycles. The van der Waals surface area contributed by atoms with E-state index in [4.69, 9.17) is 4.74 Å². The van der Waals surface area contributed by atoms with E-state index in [1.165, 1.54) is 25.4 Å². The average molecular weight is 383 g/mol. The molecule has 6 nitrogen and oxygen atoms in total. The molecule has 0 aliphatic rings. The molecule has 8 heteroatoms. The summed E-state index contributed by atoms with van der Waals surface area (Å²) in [6, 6.07) is 12.3. The van der Waals surface area contributed by atoms with Gasteiger partial charge in [-0.15, -0.1) is 0 Å². The molecule has 142 valence electrons. The number of ether oxygens (including phenoxy) is 1. The molecule has 2 N–H and O–H groups in total. The summed E-state index contributed by atoms with van der Waals surface area (Å²) in [6.07, 6.45) is 1.29. The van der Waals surface area contributed by atoms with Gasteiger partial charge in [0.2, 0.25) is 0 Å². The molecule has 28 heavy (non-hydrogen) atoms. The zero-order valence-corrected chi connectivity index (χ0v) is 14.7. The van der Waals surface area contributed by atoms with Crippen molar-refractivity contribution in [1.29, 1.82) is 0 Å². The van der Waals surface area contributed by atoms with Crippen LogP contribution < -0.4 is 15.4 Å². The Bertz CT molecular complexity index is 1040. The fourth-order valence-electron chi connectivity index (χ4n) is 2.38. The number of benzene rings is 2. The molecule has 0 aliphatic carbocycles. The molecule has 0 spiro atoms. The number of hydrogen-bond donors (Lipinski definition) is 2. The van der Waals surface area contributed by atoms with Crippen molar-refractivity contribution < 1.29 is 23.1 Å². The Hall–Kier alpha value is -3.81. The molecule has 1 aromatic heterocycles. The summed E-state index contributed by atoms with van der Waals surface area (Å²) in [7, 11) is 1.51. The highest BCUT2D eigenvalue weighted by atomic mass is 19.1. The van der Waals surface area contributed by atoms with E-state index in [2.05, 4.69) is 15.6 Å². The number of hydrogen-bond acceptors (Lipinski definition) is 4. The van der Waals surface area contributed by atoms with Crippen LogP contribution in [0.15, 0.2) is 60.8 Å². The Morgan fingerprint density at radius 1 is 0.964 bits per heavy atom. The first-order chi connectivity index (χ1) is 13.5. The lowest BCUT2D eigenvalue weighted by molar-refractivity contribution is 0.102. The minimum atomic E-state index is -0.916. The van der Waals surface area contributed by atoms with Crippen LogP contribution in [0.25, 0.3) is 0 Å². The maximum absolute atomic E-state index is 13.7. The van der Waals surface area contributed by atoms with Gasteiger partial charge in [0.25, 0.3) is 11.8 Å². The Morgan fingerprint density at radius 3 is 2.54 bits per heavy atom. The monoisotopic (exact) mass is 383 g/mol. The second-order valence-electron chi connectivity index (χ2n) is 5.69. The molecular weight excluding hydrogens is 368 g/mol. The van der Waals surface area contributed by atoms with Gasteiger partial charge in [0.1, 0.15) is 23.1 Å². The Balaban J connectivity index is 1.75. The largest absolute Gasteiger partial charge is 0.497 e. The van der Waals surface area contributed by atoms with Crippen molar-refractivity contribution in [3.8, 4) is 5.75 Å². The van der Waals surface area contributed by atoms with Gasteiger partial charge < -0.3 is 15.4 Å². The number of carbonyl (C=O) groups is 2. The number of nitrogens with zero attached hydrogens (tertiary/aromatic N) is 1. The Kier molecular flexibility index (Phi) is 5.59. The van der Waals surface area contributed by atoms with E-state index < -0.39 is 23.4 Å². The van der Waals surface area contributed by atoms with Crippen LogP contribution in [0.3, 0.4) is 0 Å². The maximum Gasteiger partial charge on any atom is 0.274 e. The third kappa shape index (κ3) is 4.47. The van der Waals surface area contributed by atoms with Crippen molar-refractivity contribution in [2.45, 2.75) is 0 Å². The van der Waals surface area contributed by atoms with E-state index in [1.54, 1.807) is 24.3 Å². The first kappa shape index (κ1) is 19.0. The predicted molar refractivity (Wildman–Crippen MR) is 99.5 cm³/mol. The van der Waals surface area contributed by atoms with E-state index in [9.17, 15) is 18.4 Å². The van der Waals surface area contributed by atoms with Gasteiger partial charge in [-0.2, -0.15) is 0 Å². The zero-order chi connectivity index (χ0) is 20.1. The third-order valence-corrected chi connectivity index (χ3v) is 3.76. The predicted octanol–water partition coefficient (Wildman–Crippen LogP) is 3.87. The topological polar surface area (TPSA) is 80.3 Å². The first-order valence-corrected chi connectivity index (χ1v) is 8.14. The Labute approximate surface area is 159 Å². The van der Waals surface area contributed by atoms with Crippen molar-refractivity contribution in [3.05, 3.63) is 83.7 Å². The van der Waals surface area contributed by atoms with Crippen LogP contribution in [0.4, 0.5) is 20.2 Å². The van der Waals surface area contributed by atoms with Gasteiger partial charge in [-0.3, -0.25) is 14.6 Å². The van der Waals surface area contributed by atoms with Gasteiger partial charge in [-0.1, -0.05) is 6.07 Å². The lowest BCUT2D eigenvalue weighted by atomic mass is 10.2. The number of aromatic nitrogens is 1. The quantitative estimate of drug-likeness (QED) is 0.701. The minimum Gasteiger partial charge on any atom is -0.497 e. The molecule has 3 rings (SSSR count). The molecule has 3 aromatic rings. The summed E-state index contributed by atoms with van der Waals surface area (Å²) >= 11 is 0. The van der Waals surface area contributed by atoms with Crippen molar-refractivity contribution in [2.75, 3.05) is 17.7 Å².